The highest BCUT2D eigenvalue weighted by molar-refractivity contribution is 5.12. The molecule has 2 N–H and O–H groups in total. The van der Waals surface area contributed by atoms with Gasteiger partial charge < -0.3 is 10.3 Å². The van der Waals surface area contributed by atoms with Crippen molar-refractivity contribution < 1.29 is 0 Å². The fraction of sp³-hybridized carbons (Fsp3) is 0.667. The van der Waals surface area contributed by atoms with Crippen molar-refractivity contribution in [1.82, 2.24) is 9.55 Å². The summed E-state index contributed by atoms with van der Waals surface area (Å²) < 4.78 is 2.25. The van der Waals surface area contributed by atoms with Gasteiger partial charge in [-0.1, -0.05) is 0 Å². The van der Waals surface area contributed by atoms with Crippen LogP contribution in [0.2, 0.25) is 0 Å². The van der Waals surface area contributed by atoms with E-state index in [1.807, 2.05) is 6.20 Å². The van der Waals surface area contributed by atoms with E-state index in [-0.39, 0.29) is 0 Å². The van der Waals surface area contributed by atoms with Gasteiger partial charge in [-0.3, -0.25) is 0 Å². The van der Waals surface area contributed by atoms with E-state index in [2.05, 4.69) is 16.5 Å². The molecule has 1 saturated carbocycles. The molecule has 0 radical (unpaired) electrons. The minimum absolute atomic E-state index is 0.705. The lowest BCUT2D eigenvalue weighted by molar-refractivity contribution is 0.647. The lowest BCUT2D eigenvalue weighted by Crippen LogP contribution is -2.13. The van der Waals surface area contributed by atoms with Gasteiger partial charge in [-0.05, 0) is 19.8 Å². The molecule has 0 bridgehead atoms. The molecular weight excluding hydrogens is 150 g/mol. The number of rotatable bonds is 3. The standard InChI is InChI=1S/C9H15N3/c1-7-6-11-9(8-2-3-8)12(7)5-4-10/h6,8H,2-5,10H2,1H3. The molecule has 3 nitrogen and oxygen atoms in total. The molecule has 1 aromatic heterocycles. The SMILES string of the molecule is Cc1cnc(C2CC2)n1CCN. The maximum Gasteiger partial charge on any atom is 0.112 e. The molecule has 2 rings (SSSR count). The van der Waals surface area contributed by atoms with Gasteiger partial charge in [-0.25, -0.2) is 4.98 Å². The number of aromatic nitrogens is 2. The third-order valence-electron chi connectivity index (χ3n) is 2.38. The lowest BCUT2D eigenvalue weighted by atomic mass is 10.4. The molecule has 1 heterocycles. The number of nitrogens with two attached hydrogens (primary N) is 1. The maximum atomic E-state index is 5.53. The van der Waals surface area contributed by atoms with E-state index in [0.29, 0.717) is 6.54 Å². The van der Waals surface area contributed by atoms with Crippen LogP contribution in [0.25, 0.3) is 0 Å². The van der Waals surface area contributed by atoms with Crippen LogP contribution in [0.5, 0.6) is 0 Å². The first-order valence-electron chi connectivity index (χ1n) is 4.55. The first-order chi connectivity index (χ1) is 5.83. The van der Waals surface area contributed by atoms with Gasteiger partial charge >= 0.3 is 0 Å². The molecule has 0 unspecified atom stereocenters. The number of hydrogen-bond donors (Lipinski definition) is 1. The Morgan fingerprint density at radius 3 is 3.00 bits per heavy atom. The molecule has 0 atom stereocenters. The lowest BCUT2D eigenvalue weighted by Gasteiger charge is -2.06. The van der Waals surface area contributed by atoms with Crippen LogP contribution >= 0.6 is 0 Å². The van der Waals surface area contributed by atoms with Crippen molar-refractivity contribution in [1.29, 1.82) is 0 Å². The van der Waals surface area contributed by atoms with E-state index >= 15 is 0 Å². The van der Waals surface area contributed by atoms with Gasteiger partial charge in [-0.15, -0.1) is 0 Å². The maximum absolute atomic E-state index is 5.53. The summed E-state index contributed by atoms with van der Waals surface area (Å²) in [7, 11) is 0. The molecule has 0 spiro atoms. The second-order valence-corrected chi connectivity index (χ2v) is 3.47. The fourth-order valence-electron chi connectivity index (χ4n) is 1.57. The normalized spacial score (nSPS) is 16.8. The summed E-state index contributed by atoms with van der Waals surface area (Å²) in [6, 6.07) is 0. The zero-order chi connectivity index (χ0) is 8.55. The Morgan fingerprint density at radius 2 is 2.42 bits per heavy atom. The summed E-state index contributed by atoms with van der Waals surface area (Å²) in [5, 5.41) is 0. The highest BCUT2D eigenvalue weighted by Gasteiger charge is 2.28. The number of nitrogens with zero attached hydrogens (tertiary/aromatic N) is 2. The average Bonchev–Trinajstić information content (AvgIpc) is 2.82. The van der Waals surface area contributed by atoms with Crippen molar-refractivity contribution in [3.8, 4) is 0 Å². The summed E-state index contributed by atoms with van der Waals surface area (Å²) in [5.41, 5.74) is 6.77. The summed E-state index contributed by atoms with van der Waals surface area (Å²) in [5.74, 6) is 1.98. The summed E-state index contributed by atoms with van der Waals surface area (Å²) in [6.07, 6.45) is 4.56. The number of aryl methyl sites for hydroxylation is 1. The molecule has 12 heavy (non-hydrogen) atoms. The Balaban J connectivity index is 2.26. The second kappa shape index (κ2) is 2.90. The minimum atomic E-state index is 0.705. The first kappa shape index (κ1) is 7.80. The van der Waals surface area contributed by atoms with Crippen LogP contribution in [-0.4, -0.2) is 16.1 Å². The van der Waals surface area contributed by atoms with Crippen molar-refractivity contribution in [2.45, 2.75) is 32.2 Å². The number of hydrogen-bond acceptors (Lipinski definition) is 2. The fourth-order valence-corrected chi connectivity index (χ4v) is 1.57. The molecule has 1 aromatic rings. The third-order valence-corrected chi connectivity index (χ3v) is 2.38. The van der Waals surface area contributed by atoms with Crippen LogP contribution in [0.1, 0.15) is 30.3 Å². The smallest absolute Gasteiger partial charge is 0.112 e. The van der Waals surface area contributed by atoms with Gasteiger partial charge in [0.1, 0.15) is 5.82 Å². The van der Waals surface area contributed by atoms with E-state index in [4.69, 9.17) is 5.73 Å². The third kappa shape index (κ3) is 1.25. The zero-order valence-electron chi connectivity index (χ0n) is 7.45. The molecule has 0 amide bonds. The van der Waals surface area contributed by atoms with Crippen molar-refractivity contribution in [3.05, 3.63) is 17.7 Å². The molecule has 0 saturated heterocycles. The van der Waals surface area contributed by atoms with Gasteiger partial charge in [0.05, 0.1) is 0 Å². The predicted molar refractivity (Wildman–Crippen MR) is 48.0 cm³/mol. The molecule has 66 valence electrons. The van der Waals surface area contributed by atoms with Crippen molar-refractivity contribution >= 4 is 0 Å². The molecule has 0 aliphatic heterocycles. The molecular formula is C9H15N3. The molecule has 3 heteroatoms. The summed E-state index contributed by atoms with van der Waals surface area (Å²) >= 11 is 0. The average molecular weight is 165 g/mol. The first-order valence-corrected chi connectivity index (χ1v) is 4.55. The van der Waals surface area contributed by atoms with E-state index in [1.165, 1.54) is 24.4 Å². The van der Waals surface area contributed by atoms with Gasteiger partial charge in [0.2, 0.25) is 0 Å². The van der Waals surface area contributed by atoms with E-state index in [1.54, 1.807) is 0 Å². The van der Waals surface area contributed by atoms with Crippen LogP contribution in [-0.2, 0) is 6.54 Å². The Hall–Kier alpha value is -0.830. The summed E-state index contributed by atoms with van der Waals surface area (Å²) in [6.45, 7) is 3.71. The monoisotopic (exact) mass is 165 g/mol. The molecule has 0 aromatic carbocycles. The van der Waals surface area contributed by atoms with Gasteiger partial charge in [0.15, 0.2) is 0 Å². The Morgan fingerprint density at radius 1 is 1.67 bits per heavy atom. The van der Waals surface area contributed by atoms with Crippen molar-refractivity contribution in [3.63, 3.8) is 0 Å². The quantitative estimate of drug-likeness (QED) is 0.727. The summed E-state index contributed by atoms with van der Waals surface area (Å²) in [4.78, 5) is 4.40. The van der Waals surface area contributed by atoms with Crippen molar-refractivity contribution in [2.24, 2.45) is 5.73 Å². The Labute approximate surface area is 72.6 Å². The van der Waals surface area contributed by atoms with Crippen LogP contribution in [0, 0.1) is 6.92 Å². The highest BCUT2D eigenvalue weighted by atomic mass is 15.1. The van der Waals surface area contributed by atoms with Crippen LogP contribution in [0.3, 0.4) is 0 Å². The van der Waals surface area contributed by atoms with E-state index in [9.17, 15) is 0 Å². The second-order valence-electron chi connectivity index (χ2n) is 3.47. The van der Waals surface area contributed by atoms with Gasteiger partial charge in [-0.2, -0.15) is 0 Å². The molecule has 1 fully saturated rings. The number of imidazole rings is 1. The molecule has 1 aliphatic carbocycles. The van der Waals surface area contributed by atoms with E-state index < -0.39 is 0 Å². The van der Waals surface area contributed by atoms with Crippen molar-refractivity contribution in [2.75, 3.05) is 6.54 Å². The van der Waals surface area contributed by atoms with Gasteiger partial charge in [0.25, 0.3) is 0 Å². The van der Waals surface area contributed by atoms with Crippen LogP contribution in [0.4, 0.5) is 0 Å². The van der Waals surface area contributed by atoms with Gasteiger partial charge in [0, 0.05) is 30.9 Å². The zero-order valence-corrected chi connectivity index (χ0v) is 7.45. The molecule has 1 aliphatic rings. The topological polar surface area (TPSA) is 43.8 Å². The largest absolute Gasteiger partial charge is 0.331 e. The predicted octanol–water partition coefficient (Wildman–Crippen LogP) is 1.03. The Bertz CT molecular complexity index is 273. The van der Waals surface area contributed by atoms with Crippen LogP contribution < -0.4 is 5.73 Å². The Kier molecular flexibility index (Phi) is 1.89. The highest BCUT2D eigenvalue weighted by Crippen LogP contribution is 2.39. The van der Waals surface area contributed by atoms with E-state index in [0.717, 1.165) is 12.5 Å². The minimum Gasteiger partial charge on any atom is -0.331 e. The van der Waals surface area contributed by atoms with Crippen LogP contribution in [0.15, 0.2) is 6.20 Å².